The fourth-order valence-corrected chi connectivity index (χ4v) is 6.27. The molecule has 1 unspecified atom stereocenters. The lowest BCUT2D eigenvalue weighted by Gasteiger charge is -2.31. The Labute approximate surface area is 284 Å². The first-order valence-electron chi connectivity index (χ1n) is 16.1. The van der Waals surface area contributed by atoms with Crippen LogP contribution in [0, 0.1) is 5.82 Å². The molecule has 0 saturated carbocycles. The standard InChI is InChI=1S/C37H39ClFN5O4/c1-24(25-7-11-30(45)12-8-25)40-37(46)27-9-13-34-33(20-27)41-35(44(34)18-19-47-2)22-43-16-14-26(15-17-43)32-4-3-5-36(42-32)48-23-28-6-10-29(38)21-31(28)39/h3-13,20-21,24,26,45H,14-19,22-23H2,1-2H3,(H,40,46). The number of fused-ring (bicyclic) bond motifs is 1. The average molecular weight is 672 g/mol. The van der Waals surface area contributed by atoms with Crippen molar-refractivity contribution in [3.63, 3.8) is 0 Å². The number of imidazole rings is 1. The van der Waals surface area contributed by atoms with E-state index in [4.69, 9.17) is 31.0 Å². The Morgan fingerprint density at radius 3 is 2.60 bits per heavy atom. The molecule has 9 nitrogen and oxygen atoms in total. The number of rotatable bonds is 12. The van der Waals surface area contributed by atoms with Crippen molar-refractivity contribution in [1.82, 2.24) is 24.8 Å². The van der Waals surface area contributed by atoms with Crippen molar-refractivity contribution in [2.24, 2.45) is 0 Å². The predicted molar refractivity (Wildman–Crippen MR) is 183 cm³/mol. The summed E-state index contributed by atoms with van der Waals surface area (Å²) in [5.74, 6) is 1.29. The van der Waals surface area contributed by atoms with Crippen LogP contribution in [-0.2, 0) is 24.4 Å². The molecular weight excluding hydrogens is 633 g/mol. The second kappa shape index (κ2) is 15.1. The second-order valence-corrected chi connectivity index (χ2v) is 12.6. The van der Waals surface area contributed by atoms with Crippen LogP contribution in [0.3, 0.4) is 0 Å². The number of phenols is 1. The number of piperidine rings is 1. The highest BCUT2D eigenvalue weighted by Crippen LogP contribution is 2.30. The number of benzene rings is 3. The van der Waals surface area contributed by atoms with Gasteiger partial charge in [-0.25, -0.2) is 14.4 Å². The molecule has 6 rings (SSSR count). The van der Waals surface area contributed by atoms with Gasteiger partial charge in [0, 0.05) is 47.5 Å². The third kappa shape index (κ3) is 7.95. The van der Waals surface area contributed by atoms with Gasteiger partial charge in [0.05, 0.1) is 30.2 Å². The molecule has 48 heavy (non-hydrogen) atoms. The fourth-order valence-electron chi connectivity index (χ4n) is 6.12. The highest BCUT2D eigenvalue weighted by Gasteiger charge is 2.24. The van der Waals surface area contributed by atoms with Gasteiger partial charge in [0.2, 0.25) is 5.88 Å². The van der Waals surface area contributed by atoms with Crippen LogP contribution in [0.15, 0.2) is 78.9 Å². The molecule has 11 heteroatoms. The van der Waals surface area contributed by atoms with Crippen molar-refractivity contribution in [3.05, 3.63) is 118 Å². The maximum atomic E-state index is 14.2. The summed E-state index contributed by atoms with van der Waals surface area (Å²) >= 11 is 5.87. The number of halogens is 2. The maximum absolute atomic E-state index is 14.2. The first-order valence-corrected chi connectivity index (χ1v) is 16.5. The summed E-state index contributed by atoms with van der Waals surface area (Å²) in [7, 11) is 1.69. The van der Waals surface area contributed by atoms with E-state index < -0.39 is 5.82 Å². The number of aromatic nitrogens is 3. The smallest absolute Gasteiger partial charge is 0.251 e. The van der Waals surface area contributed by atoms with Gasteiger partial charge in [0.15, 0.2) is 0 Å². The number of carbonyl (C=O) groups excluding carboxylic acids is 1. The summed E-state index contributed by atoms with van der Waals surface area (Å²) in [6.45, 7) is 5.62. The number of carbonyl (C=O) groups is 1. The van der Waals surface area contributed by atoms with Crippen molar-refractivity contribution in [3.8, 4) is 11.6 Å². The van der Waals surface area contributed by atoms with Gasteiger partial charge in [-0.3, -0.25) is 9.69 Å². The van der Waals surface area contributed by atoms with Gasteiger partial charge in [0.25, 0.3) is 5.91 Å². The number of hydrogen-bond acceptors (Lipinski definition) is 7. The number of nitrogens with one attached hydrogen (secondary N) is 1. The Morgan fingerprint density at radius 2 is 1.85 bits per heavy atom. The molecule has 0 radical (unpaired) electrons. The topological polar surface area (TPSA) is 102 Å². The minimum Gasteiger partial charge on any atom is -0.508 e. The van der Waals surface area contributed by atoms with E-state index in [0.29, 0.717) is 41.7 Å². The third-order valence-corrected chi connectivity index (χ3v) is 9.09. The maximum Gasteiger partial charge on any atom is 0.251 e. The van der Waals surface area contributed by atoms with E-state index in [1.54, 1.807) is 49.6 Å². The lowest BCUT2D eigenvalue weighted by atomic mass is 9.93. The van der Waals surface area contributed by atoms with Gasteiger partial charge in [-0.1, -0.05) is 35.9 Å². The van der Waals surface area contributed by atoms with Gasteiger partial charge in [0.1, 0.15) is 24.0 Å². The molecule has 5 aromatic rings. The molecule has 0 spiro atoms. The molecule has 2 N–H and O–H groups in total. The number of nitrogens with zero attached hydrogens (tertiary/aromatic N) is 4. The number of likely N-dealkylation sites (tertiary alicyclic amines) is 1. The van der Waals surface area contributed by atoms with Crippen molar-refractivity contribution in [2.45, 2.75) is 51.4 Å². The van der Waals surface area contributed by atoms with Crippen LogP contribution in [0.1, 0.15) is 64.7 Å². The molecule has 2 aromatic heterocycles. The van der Waals surface area contributed by atoms with Gasteiger partial charge in [-0.15, -0.1) is 0 Å². The number of hydrogen-bond donors (Lipinski definition) is 2. The SMILES string of the molecule is COCCn1c(CN2CCC(c3cccc(OCc4ccc(Cl)cc4F)n3)CC2)nc2cc(C(=O)NC(C)c3ccc(O)cc3)ccc21. The van der Waals surface area contributed by atoms with Crippen LogP contribution in [0.5, 0.6) is 11.6 Å². The van der Waals surface area contributed by atoms with E-state index in [1.807, 2.05) is 37.3 Å². The van der Waals surface area contributed by atoms with Crippen LogP contribution in [0.2, 0.25) is 5.02 Å². The largest absolute Gasteiger partial charge is 0.508 e. The van der Waals surface area contributed by atoms with Crippen molar-refractivity contribution in [2.75, 3.05) is 26.8 Å². The molecule has 0 aliphatic carbocycles. The van der Waals surface area contributed by atoms with Crippen LogP contribution in [0.25, 0.3) is 11.0 Å². The Bertz CT molecular complexity index is 1870. The highest BCUT2D eigenvalue weighted by atomic mass is 35.5. The lowest BCUT2D eigenvalue weighted by molar-refractivity contribution is 0.0940. The first-order chi connectivity index (χ1) is 23.3. The van der Waals surface area contributed by atoms with E-state index in [9.17, 15) is 14.3 Å². The Hall–Kier alpha value is -4.51. The zero-order valence-corrected chi connectivity index (χ0v) is 27.8. The lowest BCUT2D eigenvalue weighted by Crippen LogP contribution is -2.33. The molecule has 1 amide bonds. The number of ether oxygens (including phenoxy) is 2. The molecule has 1 aliphatic heterocycles. The van der Waals surface area contributed by atoms with Gasteiger partial charge in [-0.2, -0.15) is 0 Å². The van der Waals surface area contributed by atoms with E-state index in [2.05, 4.69) is 14.8 Å². The van der Waals surface area contributed by atoms with Gasteiger partial charge < -0.3 is 24.5 Å². The molecule has 1 aliphatic rings. The number of amides is 1. The quantitative estimate of drug-likeness (QED) is 0.147. The first kappa shape index (κ1) is 33.4. The third-order valence-electron chi connectivity index (χ3n) is 8.86. The van der Waals surface area contributed by atoms with Crippen LogP contribution in [0.4, 0.5) is 4.39 Å². The Morgan fingerprint density at radius 1 is 1.06 bits per heavy atom. The molecule has 3 heterocycles. The van der Waals surface area contributed by atoms with Gasteiger partial charge >= 0.3 is 0 Å². The summed E-state index contributed by atoms with van der Waals surface area (Å²) in [5.41, 5.74) is 4.56. The summed E-state index contributed by atoms with van der Waals surface area (Å²) in [4.78, 5) is 25.3. The van der Waals surface area contributed by atoms with E-state index in [1.165, 1.54) is 6.07 Å². The van der Waals surface area contributed by atoms with Crippen LogP contribution in [-0.4, -0.2) is 57.3 Å². The molecule has 3 aromatic carbocycles. The van der Waals surface area contributed by atoms with Crippen LogP contribution < -0.4 is 10.1 Å². The molecule has 1 fully saturated rings. The zero-order chi connectivity index (χ0) is 33.6. The molecule has 250 valence electrons. The van der Waals surface area contributed by atoms with E-state index >= 15 is 0 Å². The summed E-state index contributed by atoms with van der Waals surface area (Å²) < 4.78 is 27.6. The summed E-state index contributed by atoms with van der Waals surface area (Å²) in [6.07, 6.45) is 1.87. The summed E-state index contributed by atoms with van der Waals surface area (Å²) in [6, 6.07) is 22.5. The molecule has 1 atom stereocenters. The number of aromatic hydroxyl groups is 1. The van der Waals surface area contributed by atoms with Crippen LogP contribution >= 0.6 is 11.6 Å². The minimum absolute atomic E-state index is 0.0765. The van der Waals surface area contributed by atoms with E-state index in [0.717, 1.165) is 54.0 Å². The normalized spacial score (nSPS) is 14.7. The van der Waals surface area contributed by atoms with E-state index in [-0.39, 0.29) is 30.2 Å². The Kier molecular flexibility index (Phi) is 10.5. The monoisotopic (exact) mass is 671 g/mol. The second-order valence-electron chi connectivity index (χ2n) is 12.1. The molecule has 0 bridgehead atoms. The van der Waals surface area contributed by atoms with Crippen molar-refractivity contribution in [1.29, 1.82) is 0 Å². The zero-order valence-electron chi connectivity index (χ0n) is 27.0. The predicted octanol–water partition coefficient (Wildman–Crippen LogP) is 7.03. The highest BCUT2D eigenvalue weighted by molar-refractivity contribution is 6.30. The summed E-state index contributed by atoms with van der Waals surface area (Å²) in [5, 5.41) is 13.0. The molecule has 1 saturated heterocycles. The molecular formula is C37H39ClFN5O4. The fraction of sp³-hybridized carbons (Fsp3) is 0.324. The number of phenolic OH excluding ortho intramolecular Hbond substituents is 1. The minimum atomic E-state index is -0.399. The number of pyridine rings is 1. The average Bonchev–Trinajstić information content (AvgIpc) is 3.43. The Balaban J connectivity index is 1.09. The van der Waals surface area contributed by atoms with Crippen molar-refractivity contribution >= 4 is 28.5 Å². The number of methoxy groups -OCH3 is 1. The van der Waals surface area contributed by atoms with Crippen molar-refractivity contribution < 1.29 is 23.8 Å². The van der Waals surface area contributed by atoms with Gasteiger partial charge in [-0.05, 0) is 86.9 Å².